The van der Waals surface area contributed by atoms with Crippen molar-refractivity contribution in [3.05, 3.63) is 63.9 Å². The zero-order valence-electron chi connectivity index (χ0n) is 13.4. The van der Waals surface area contributed by atoms with Gasteiger partial charge in [0.1, 0.15) is 11.6 Å². The molecule has 3 nitrogen and oxygen atoms in total. The predicted molar refractivity (Wildman–Crippen MR) is 92.1 cm³/mol. The van der Waals surface area contributed by atoms with E-state index in [1.54, 1.807) is 6.07 Å². The molecular formula is C19H19ClFNO2. The average Bonchev–Trinajstić information content (AvgIpc) is 2.98. The van der Waals surface area contributed by atoms with Crippen molar-refractivity contribution in [3.63, 3.8) is 0 Å². The fourth-order valence-electron chi connectivity index (χ4n) is 2.96. The summed E-state index contributed by atoms with van der Waals surface area (Å²) in [6, 6.07) is 10.5. The summed E-state index contributed by atoms with van der Waals surface area (Å²) in [5, 5.41) is 3.18. The van der Waals surface area contributed by atoms with Gasteiger partial charge in [0.2, 0.25) is 5.91 Å². The SMILES string of the molecule is CC(Cc1ccc2c(c1)CCO2)NC(=O)Cc1c(F)cccc1Cl. The first-order valence-corrected chi connectivity index (χ1v) is 8.37. The minimum Gasteiger partial charge on any atom is -0.493 e. The van der Waals surface area contributed by atoms with Crippen LogP contribution in [0, 0.1) is 5.82 Å². The van der Waals surface area contributed by atoms with Crippen LogP contribution in [0.3, 0.4) is 0 Å². The van der Waals surface area contributed by atoms with Crippen LogP contribution in [0.4, 0.5) is 4.39 Å². The van der Waals surface area contributed by atoms with E-state index in [-0.39, 0.29) is 29.0 Å². The topological polar surface area (TPSA) is 38.3 Å². The van der Waals surface area contributed by atoms with E-state index in [1.807, 2.05) is 19.1 Å². The van der Waals surface area contributed by atoms with Crippen LogP contribution < -0.4 is 10.1 Å². The molecule has 1 aliphatic heterocycles. The molecule has 0 saturated carbocycles. The summed E-state index contributed by atoms with van der Waals surface area (Å²) in [7, 11) is 0. The van der Waals surface area contributed by atoms with E-state index < -0.39 is 5.82 Å². The smallest absolute Gasteiger partial charge is 0.224 e. The van der Waals surface area contributed by atoms with Crippen molar-refractivity contribution in [1.82, 2.24) is 5.32 Å². The molecule has 0 saturated heterocycles. The summed E-state index contributed by atoms with van der Waals surface area (Å²) >= 11 is 5.96. The van der Waals surface area contributed by atoms with E-state index in [0.717, 1.165) is 24.3 Å². The number of amides is 1. The van der Waals surface area contributed by atoms with Gasteiger partial charge in [0.25, 0.3) is 0 Å². The highest BCUT2D eigenvalue weighted by Crippen LogP contribution is 2.26. The van der Waals surface area contributed by atoms with Crippen LogP contribution in [0.15, 0.2) is 36.4 Å². The largest absolute Gasteiger partial charge is 0.493 e. The normalized spacial score (nSPS) is 14.0. The third kappa shape index (κ3) is 3.88. The Morgan fingerprint density at radius 1 is 1.38 bits per heavy atom. The zero-order valence-corrected chi connectivity index (χ0v) is 14.2. The van der Waals surface area contributed by atoms with E-state index in [1.165, 1.54) is 17.7 Å². The van der Waals surface area contributed by atoms with E-state index in [2.05, 4.69) is 11.4 Å². The molecule has 24 heavy (non-hydrogen) atoms. The van der Waals surface area contributed by atoms with Crippen molar-refractivity contribution >= 4 is 17.5 Å². The van der Waals surface area contributed by atoms with Crippen molar-refractivity contribution in [3.8, 4) is 5.75 Å². The van der Waals surface area contributed by atoms with E-state index in [0.29, 0.717) is 6.42 Å². The molecule has 3 rings (SSSR count). The van der Waals surface area contributed by atoms with E-state index in [9.17, 15) is 9.18 Å². The number of nitrogens with one attached hydrogen (secondary N) is 1. The highest BCUT2D eigenvalue weighted by atomic mass is 35.5. The lowest BCUT2D eigenvalue weighted by molar-refractivity contribution is -0.121. The number of ether oxygens (including phenoxy) is 1. The van der Waals surface area contributed by atoms with Crippen LogP contribution in [-0.4, -0.2) is 18.6 Å². The molecule has 1 aliphatic rings. The molecule has 1 amide bonds. The molecule has 1 unspecified atom stereocenters. The summed E-state index contributed by atoms with van der Waals surface area (Å²) < 4.78 is 19.2. The number of fused-ring (bicyclic) bond motifs is 1. The summed E-state index contributed by atoms with van der Waals surface area (Å²) in [6.45, 7) is 2.67. The molecule has 2 aromatic rings. The highest BCUT2D eigenvalue weighted by Gasteiger charge is 2.16. The Balaban J connectivity index is 1.58. The van der Waals surface area contributed by atoms with Crippen LogP contribution in [-0.2, 0) is 24.1 Å². The Hall–Kier alpha value is -2.07. The number of halogens is 2. The summed E-state index contributed by atoms with van der Waals surface area (Å²) in [4.78, 5) is 12.1. The molecule has 0 aromatic heterocycles. The molecule has 0 bridgehead atoms. The molecular weight excluding hydrogens is 329 g/mol. The second-order valence-electron chi connectivity index (χ2n) is 6.09. The van der Waals surface area contributed by atoms with Crippen molar-refractivity contribution in [2.75, 3.05) is 6.61 Å². The van der Waals surface area contributed by atoms with Crippen molar-refractivity contribution < 1.29 is 13.9 Å². The fourth-order valence-corrected chi connectivity index (χ4v) is 3.19. The fraction of sp³-hybridized carbons (Fsp3) is 0.316. The number of hydrogen-bond acceptors (Lipinski definition) is 2. The van der Waals surface area contributed by atoms with Crippen LogP contribution >= 0.6 is 11.6 Å². The molecule has 1 N–H and O–H groups in total. The number of hydrogen-bond donors (Lipinski definition) is 1. The molecule has 0 fully saturated rings. The van der Waals surface area contributed by atoms with Crippen molar-refractivity contribution in [1.29, 1.82) is 0 Å². The van der Waals surface area contributed by atoms with Gasteiger partial charge in [0, 0.05) is 23.0 Å². The minimum atomic E-state index is -0.455. The Labute approximate surface area is 145 Å². The van der Waals surface area contributed by atoms with Gasteiger partial charge in [-0.25, -0.2) is 4.39 Å². The molecule has 5 heteroatoms. The van der Waals surface area contributed by atoms with Gasteiger partial charge in [-0.1, -0.05) is 29.8 Å². The van der Waals surface area contributed by atoms with Gasteiger partial charge in [-0.2, -0.15) is 0 Å². The second kappa shape index (κ2) is 7.22. The zero-order chi connectivity index (χ0) is 17.1. The molecule has 1 heterocycles. The second-order valence-corrected chi connectivity index (χ2v) is 6.50. The number of carbonyl (C=O) groups excluding carboxylic acids is 1. The minimum absolute atomic E-state index is 0.0524. The maximum absolute atomic E-state index is 13.7. The Kier molecular flexibility index (Phi) is 5.05. The quantitative estimate of drug-likeness (QED) is 0.895. The monoisotopic (exact) mass is 347 g/mol. The van der Waals surface area contributed by atoms with E-state index in [4.69, 9.17) is 16.3 Å². The van der Waals surface area contributed by atoms with Crippen LogP contribution in [0.2, 0.25) is 5.02 Å². The lowest BCUT2D eigenvalue weighted by Crippen LogP contribution is -2.35. The third-order valence-corrected chi connectivity index (χ3v) is 4.46. The predicted octanol–water partition coefficient (Wildman–Crippen LogP) is 3.70. The highest BCUT2D eigenvalue weighted by molar-refractivity contribution is 6.31. The Bertz CT molecular complexity index is 743. The molecule has 1 atom stereocenters. The summed E-state index contributed by atoms with van der Waals surface area (Å²) in [6.07, 6.45) is 1.58. The summed E-state index contributed by atoms with van der Waals surface area (Å²) in [5.74, 6) is 0.257. The number of benzene rings is 2. The molecule has 2 aromatic carbocycles. The third-order valence-electron chi connectivity index (χ3n) is 4.10. The van der Waals surface area contributed by atoms with Gasteiger partial charge in [-0.05, 0) is 42.7 Å². The first-order valence-electron chi connectivity index (χ1n) is 8.00. The van der Waals surface area contributed by atoms with Crippen LogP contribution in [0.1, 0.15) is 23.6 Å². The van der Waals surface area contributed by atoms with Gasteiger partial charge in [-0.15, -0.1) is 0 Å². The molecule has 126 valence electrons. The molecule has 0 aliphatic carbocycles. The first kappa shape index (κ1) is 16.8. The van der Waals surface area contributed by atoms with Crippen molar-refractivity contribution in [2.45, 2.75) is 32.2 Å². The van der Waals surface area contributed by atoms with Gasteiger partial charge < -0.3 is 10.1 Å². The molecule has 0 radical (unpaired) electrons. The first-order chi connectivity index (χ1) is 11.5. The van der Waals surface area contributed by atoms with Gasteiger partial charge in [0.05, 0.1) is 13.0 Å². The lowest BCUT2D eigenvalue weighted by Gasteiger charge is -2.15. The van der Waals surface area contributed by atoms with Crippen LogP contribution in [0.25, 0.3) is 0 Å². The summed E-state index contributed by atoms with van der Waals surface area (Å²) in [5.41, 5.74) is 2.60. The average molecular weight is 348 g/mol. The van der Waals surface area contributed by atoms with Gasteiger partial charge in [0.15, 0.2) is 0 Å². The lowest BCUT2D eigenvalue weighted by atomic mass is 10.0. The standard InChI is InChI=1S/C19H19ClFNO2/c1-12(9-13-5-6-18-14(10-13)7-8-24-18)22-19(23)11-15-16(20)3-2-4-17(15)21/h2-6,10,12H,7-9,11H2,1H3,(H,22,23). The Morgan fingerprint density at radius 3 is 3.00 bits per heavy atom. The molecule has 0 spiro atoms. The van der Waals surface area contributed by atoms with Crippen LogP contribution in [0.5, 0.6) is 5.75 Å². The number of rotatable bonds is 5. The van der Waals surface area contributed by atoms with Gasteiger partial charge in [-0.3, -0.25) is 4.79 Å². The maximum Gasteiger partial charge on any atom is 0.224 e. The van der Waals surface area contributed by atoms with Gasteiger partial charge >= 0.3 is 0 Å². The number of carbonyl (C=O) groups is 1. The Morgan fingerprint density at radius 2 is 2.21 bits per heavy atom. The maximum atomic E-state index is 13.7. The van der Waals surface area contributed by atoms with E-state index >= 15 is 0 Å². The van der Waals surface area contributed by atoms with Crippen molar-refractivity contribution in [2.24, 2.45) is 0 Å².